The van der Waals surface area contributed by atoms with Gasteiger partial charge in [0, 0.05) is 41.7 Å². The third-order valence-corrected chi connectivity index (χ3v) is 7.69. The minimum Gasteiger partial charge on any atom is -0.465 e. The van der Waals surface area contributed by atoms with Gasteiger partial charge in [-0.2, -0.15) is 12.6 Å². The topological polar surface area (TPSA) is 38.8 Å². The fourth-order valence-corrected chi connectivity index (χ4v) is 5.76. The lowest BCUT2D eigenvalue weighted by Gasteiger charge is -2.46. The van der Waals surface area contributed by atoms with Crippen molar-refractivity contribution >= 4 is 29.9 Å². The van der Waals surface area contributed by atoms with Crippen LogP contribution in [-0.2, 0) is 9.47 Å². The monoisotopic (exact) mass is 369 g/mol. The molecule has 0 amide bonds. The molecule has 2 fully saturated rings. The summed E-state index contributed by atoms with van der Waals surface area (Å²) in [6.07, 6.45) is 5.33. The second kappa shape index (κ2) is 7.77. The zero-order valence-corrected chi connectivity index (χ0v) is 16.4. The second-order valence-electron chi connectivity index (χ2n) is 6.96. The fourth-order valence-electron chi connectivity index (χ4n) is 3.95. The molecule has 3 rings (SSSR count). The molecule has 1 aliphatic heterocycles. The van der Waals surface area contributed by atoms with Gasteiger partial charge in [0.05, 0.1) is 18.8 Å². The first-order valence-electron chi connectivity index (χ1n) is 8.66. The van der Waals surface area contributed by atoms with Gasteiger partial charge in [-0.1, -0.05) is 0 Å². The van der Waals surface area contributed by atoms with Gasteiger partial charge in [0.25, 0.3) is 0 Å². The number of thiol groups is 1. The normalized spacial score (nSPS) is 26.8. The van der Waals surface area contributed by atoms with Crippen LogP contribution in [-0.4, -0.2) is 50.3 Å². The highest BCUT2D eigenvalue weighted by Crippen LogP contribution is 2.43. The van der Waals surface area contributed by atoms with Gasteiger partial charge in [-0.15, -0.1) is 11.3 Å². The van der Waals surface area contributed by atoms with Crippen LogP contribution < -0.4 is 0 Å². The van der Waals surface area contributed by atoms with Crippen molar-refractivity contribution in [3.05, 3.63) is 21.4 Å². The molecule has 0 bridgehead atoms. The third kappa shape index (κ3) is 3.52. The van der Waals surface area contributed by atoms with Crippen LogP contribution in [0.15, 0.2) is 5.38 Å². The van der Waals surface area contributed by atoms with Gasteiger partial charge >= 0.3 is 5.97 Å². The van der Waals surface area contributed by atoms with Crippen molar-refractivity contribution in [3.8, 4) is 0 Å². The maximum absolute atomic E-state index is 11.8. The van der Waals surface area contributed by atoms with Crippen LogP contribution in [0.5, 0.6) is 0 Å². The Bertz CT molecular complexity index is 575. The number of hydrogen-bond donors (Lipinski definition) is 1. The van der Waals surface area contributed by atoms with Crippen molar-refractivity contribution in [3.63, 3.8) is 0 Å². The molecule has 24 heavy (non-hydrogen) atoms. The van der Waals surface area contributed by atoms with E-state index < -0.39 is 0 Å². The van der Waals surface area contributed by atoms with Crippen molar-refractivity contribution in [1.82, 2.24) is 4.90 Å². The quantitative estimate of drug-likeness (QED) is 0.634. The van der Waals surface area contributed by atoms with Crippen molar-refractivity contribution in [2.24, 2.45) is 5.92 Å². The van der Waals surface area contributed by atoms with Crippen LogP contribution in [0.4, 0.5) is 0 Å². The lowest BCUT2D eigenvalue weighted by Crippen LogP contribution is -2.56. The van der Waals surface area contributed by atoms with E-state index in [0.717, 1.165) is 18.7 Å². The summed E-state index contributed by atoms with van der Waals surface area (Å²) < 4.78 is 10.2. The number of esters is 1. The van der Waals surface area contributed by atoms with Gasteiger partial charge in [-0.25, -0.2) is 4.79 Å². The van der Waals surface area contributed by atoms with Gasteiger partial charge in [-0.05, 0) is 44.1 Å². The number of nitrogens with zero attached hydrogens (tertiary/aromatic N) is 1. The van der Waals surface area contributed by atoms with E-state index in [2.05, 4.69) is 4.90 Å². The first-order chi connectivity index (χ1) is 11.5. The first-order valence-corrected chi connectivity index (χ1v) is 10.1. The second-order valence-corrected chi connectivity index (χ2v) is 8.42. The van der Waals surface area contributed by atoms with E-state index in [1.807, 2.05) is 12.3 Å². The van der Waals surface area contributed by atoms with Crippen LogP contribution in [0, 0.1) is 12.8 Å². The summed E-state index contributed by atoms with van der Waals surface area (Å²) in [7, 11) is 3.23. The number of ether oxygens (including phenoxy) is 2. The lowest BCUT2D eigenvalue weighted by molar-refractivity contribution is -0.0595. The molecule has 4 nitrogen and oxygen atoms in total. The molecule has 0 aromatic carbocycles. The zero-order chi connectivity index (χ0) is 17.3. The largest absolute Gasteiger partial charge is 0.465 e. The molecule has 1 saturated heterocycles. The number of methoxy groups -OCH3 is 2. The smallest absolute Gasteiger partial charge is 0.338 e. The molecule has 1 aromatic rings. The number of rotatable bonds is 5. The van der Waals surface area contributed by atoms with Crippen molar-refractivity contribution in [2.75, 3.05) is 27.3 Å². The molecule has 0 spiro atoms. The van der Waals surface area contributed by atoms with E-state index in [1.54, 1.807) is 18.4 Å². The molecule has 6 heteroatoms. The molecular formula is C18H27NO3S2. The molecule has 1 unspecified atom stereocenters. The maximum atomic E-state index is 11.8. The number of carbonyl (C=O) groups is 1. The standard InChI is InChI=1S/C18H27NO3S2/c1-11-15(18(20)22-3)10-24-17(11)16(23)12-4-6-13(7-5-12)19-8-14(9-19)21-2/h10,12-14,16,23H,4-9H2,1-3H3. The molecular weight excluding hydrogens is 342 g/mol. The predicted molar refractivity (Wildman–Crippen MR) is 100 cm³/mol. The van der Waals surface area contributed by atoms with E-state index in [9.17, 15) is 4.79 Å². The summed E-state index contributed by atoms with van der Waals surface area (Å²) >= 11 is 6.56. The Hall–Kier alpha value is -0.560. The lowest BCUT2D eigenvalue weighted by atomic mass is 9.81. The molecule has 1 aromatic heterocycles. The van der Waals surface area contributed by atoms with Crippen LogP contribution in [0.3, 0.4) is 0 Å². The summed E-state index contributed by atoms with van der Waals surface area (Å²) in [5.41, 5.74) is 1.73. The molecule has 134 valence electrons. The molecule has 0 radical (unpaired) electrons. The van der Waals surface area contributed by atoms with E-state index in [0.29, 0.717) is 23.6 Å². The highest BCUT2D eigenvalue weighted by Gasteiger charge is 2.36. The first kappa shape index (κ1) is 18.2. The average molecular weight is 370 g/mol. The average Bonchev–Trinajstić information content (AvgIpc) is 2.95. The van der Waals surface area contributed by atoms with Crippen LogP contribution in [0.25, 0.3) is 0 Å². The third-order valence-electron chi connectivity index (χ3n) is 5.67. The minimum atomic E-state index is -0.246. The Morgan fingerprint density at radius 1 is 1.29 bits per heavy atom. The summed E-state index contributed by atoms with van der Waals surface area (Å²) in [4.78, 5) is 15.6. The number of hydrogen-bond acceptors (Lipinski definition) is 6. The Kier molecular flexibility index (Phi) is 5.90. The van der Waals surface area contributed by atoms with E-state index in [1.165, 1.54) is 37.7 Å². The molecule has 2 aliphatic rings. The SMILES string of the molecule is COC(=O)c1csc(C(S)C2CCC(N3CC(OC)C3)CC2)c1C. The van der Waals surface area contributed by atoms with Gasteiger partial charge in [-0.3, -0.25) is 4.90 Å². The summed E-state index contributed by atoms with van der Waals surface area (Å²) in [6.45, 7) is 4.18. The Morgan fingerprint density at radius 3 is 2.54 bits per heavy atom. The van der Waals surface area contributed by atoms with Gasteiger partial charge < -0.3 is 9.47 Å². The molecule has 1 atom stereocenters. The Morgan fingerprint density at radius 2 is 1.96 bits per heavy atom. The summed E-state index contributed by atoms with van der Waals surface area (Å²) in [5.74, 6) is 0.344. The number of thiophene rings is 1. The minimum absolute atomic E-state index is 0.220. The Balaban J connectivity index is 1.57. The van der Waals surface area contributed by atoms with E-state index in [4.69, 9.17) is 22.1 Å². The van der Waals surface area contributed by atoms with Gasteiger partial charge in [0.1, 0.15) is 0 Å². The fraction of sp³-hybridized carbons (Fsp3) is 0.722. The maximum Gasteiger partial charge on any atom is 0.338 e. The summed E-state index contributed by atoms with van der Waals surface area (Å²) in [5, 5.41) is 2.13. The van der Waals surface area contributed by atoms with Gasteiger partial charge in [0.2, 0.25) is 0 Å². The zero-order valence-electron chi connectivity index (χ0n) is 14.7. The highest BCUT2D eigenvalue weighted by atomic mass is 32.1. The van der Waals surface area contributed by atoms with Crippen LogP contribution in [0.2, 0.25) is 0 Å². The number of likely N-dealkylation sites (tertiary alicyclic amines) is 1. The van der Waals surface area contributed by atoms with Crippen LogP contribution >= 0.6 is 24.0 Å². The molecule has 1 saturated carbocycles. The molecule has 1 aliphatic carbocycles. The Labute approximate surface area is 153 Å². The van der Waals surface area contributed by atoms with Crippen molar-refractivity contribution in [2.45, 2.75) is 50.0 Å². The summed E-state index contributed by atoms with van der Waals surface area (Å²) in [6, 6.07) is 0.711. The van der Waals surface area contributed by atoms with E-state index in [-0.39, 0.29) is 11.2 Å². The van der Waals surface area contributed by atoms with Crippen molar-refractivity contribution < 1.29 is 14.3 Å². The number of carbonyl (C=O) groups excluding carboxylic acids is 1. The molecule has 0 N–H and O–H groups in total. The van der Waals surface area contributed by atoms with Gasteiger partial charge in [0.15, 0.2) is 0 Å². The predicted octanol–water partition coefficient (Wildman–Crippen LogP) is 3.70. The van der Waals surface area contributed by atoms with Crippen molar-refractivity contribution in [1.29, 1.82) is 0 Å². The van der Waals surface area contributed by atoms with Crippen LogP contribution in [0.1, 0.15) is 51.7 Å². The van der Waals surface area contributed by atoms with E-state index >= 15 is 0 Å². The molecule has 2 heterocycles. The highest BCUT2D eigenvalue weighted by molar-refractivity contribution is 7.80.